The molecule has 0 aliphatic carbocycles. The first-order chi connectivity index (χ1) is 7.66. The van der Waals surface area contributed by atoms with Gasteiger partial charge in [-0.3, -0.25) is 4.90 Å². The molecule has 0 radical (unpaired) electrons. The minimum Gasteiger partial charge on any atom is -0.508 e. The monoisotopic (exact) mass is 288 g/mol. The molecule has 0 saturated carbocycles. The molecule has 0 unspecified atom stereocenters. The number of nitrogens with one attached hydrogen (secondary N) is 1. The number of benzene rings is 1. The fraction of sp³-hybridized carbons (Fsp3) is 0.455. The second-order valence-corrected chi connectivity index (χ2v) is 4.78. The summed E-state index contributed by atoms with van der Waals surface area (Å²) >= 11 is 3.05. The molecule has 1 aliphatic rings. The average molecular weight is 289 g/mol. The molecule has 3 nitrogen and oxygen atoms in total. The van der Waals surface area contributed by atoms with Crippen LogP contribution in [0.15, 0.2) is 16.6 Å². The number of aromatic hydroxyl groups is 1. The van der Waals surface area contributed by atoms with E-state index in [1.165, 1.54) is 12.1 Å². The molecule has 0 atom stereocenters. The van der Waals surface area contributed by atoms with Gasteiger partial charge in [-0.2, -0.15) is 0 Å². The van der Waals surface area contributed by atoms with E-state index < -0.39 is 0 Å². The highest BCUT2D eigenvalue weighted by atomic mass is 79.9. The lowest BCUT2D eigenvalue weighted by atomic mass is 10.1. The SMILES string of the molecule is Oc1cc(Br)c(F)cc1CN1CCNCC1. The third-order valence-corrected chi connectivity index (χ3v) is 3.33. The van der Waals surface area contributed by atoms with Gasteiger partial charge in [0.2, 0.25) is 0 Å². The van der Waals surface area contributed by atoms with E-state index in [0.717, 1.165) is 26.2 Å². The van der Waals surface area contributed by atoms with Crippen LogP contribution in [0.3, 0.4) is 0 Å². The van der Waals surface area contributed by atoms with Gasteiger partial charge in [0.05, 0.1) is 4.47 Å². The molecule has 2 N–H and O–H groups in total. The Balaban J connectivity index is 2.11. The Hall–Kier alpha value is -0.650. The Bertz CT molecular complexity index is 380. The number of phenols is 1. The molecule has 1 saturated heterocycles. The molecule has 5 heteroatoms. The first-order valence-corrected chi connectivity index (χ1v) is 6.06. The first-order valence-electron chi connectivity index (χ1n) is 5.27. The van der Waals surface area contributed by atoms with Gasteiger partial charge in [-0.25, -0.2) is 4.39 Å². The second kappa shape index (κ2) is 5.12. The highest BCUT2D eigenvalue weighted by molar-refractivity contribution is 9.10. The summed E-state index contributed by atoms with van der Waals surface area (Å²) in [5.74, 6) is -0.185. The maximum atomic E-state index is 13.3. The van der Waals surface area contributed by atoms with Crippen molar-refractivity contribution >= 4 is 15.9 Å². The van der Waals surface area contributed by atoms with Gasteiger partial charge < -0.3 is 10.4 Å². The van der Waals surface area contributed by atoms with Crippen LogP contribution in [0.2, 0.25) is 0 Å². The topological polar surface area (TPSA) is 35.5 Å². The lowest BCUT2D eigenvalue weighted by molar-refractivity contribution is 0.230. The van der Waals surface area contributed by atoms with Crippen molar-refractivity contribution in [1.29, 1.82) is 0 Å². The number of piperazine rings is 1. The lowest BCUT2D eigenvalue weighted by Crippen LogP contribution is -2.42. The Morgan fingerprint density at radius 1 is 1.38 bits per heavy atom. The van der Waals surface area contributed by atoms with Crippen molar-refractivity contribution in [2.24, 2.45) is 0 Å². The second-order valence-electron chi connectivity index (χ2n) is 3.92. The summed E-state index contributed by atoms with van der Waals surface area (Å²) in [6, 6.07) is 2.80. The van der Waals surface area contributed by atoms with Crippen LogP contribution in [0, 0.1) is 5.82 Å². The fourth-order valence-corrected chi connectivity index (χ4v) is 2.15. The molecule has 1 aliphatic heterocycles. The third-order valence-electron chi connectivity index (χ3n) is 2.73. The Morgan fingerprint density at radius 3 is 2.75 bits per heavy atom. The molecule has 0 aromatic heterocycles. The van der Waals surface area contributed by atoms with Crippen LogP contribution in [0.5, 0.6) is 5.75 Å². The van der Waals surface area contributed by atoms with E-state index in [1.54, 1.807) is 0 Å². The molecule has 88 valence electrons. The Labute approximate surface area is 102 Å². The van der Waals surface area contributed by atoms with Crippen molar-refractivity contribution in [3.63, 3.8) is 0 Å². The highest BCUT2D eigenvalue weighted by Gasteiger charge is 2.13. The van der Waals surface area contributed by atoms with Gasteiger partial charge >= 0.3 is 0 Å². The molecule has 0 spiro atoms. The van der Waals surface area contributed by atoms with Gasteiger partial charge in [0, 0.05) is 38.3 Å². The van der Waals surface area contributed by atoms with Crippen molar-refractivity contribution in [3.05, 3.63) is 28.0 Å². The predicted molar refractivity (Wildman–Crippen MR) is 63.9 cm³/mol. The van der Waals surface area contributed by atoms with Crippen LogP contribution in [0.4, 0.5) is 4.39 Å². The van der Waals surface area contributed by atoms with Gasteiger partial charge in [0.15, 0.2) is 0 Å². The third kappa shape index (κ3) is 2.72. The number of halogens is 2. The summed E-state index contributed by atoms with van der Waals surface area (Å²) < 4.78 is 13.6. The highest BCUT2D eigenvalue weighted by Crippen LogP contribution is 2.26. The van der Waals surface area contributed by atoms with E-state index in [1.807, 2.05) is 0 Å². The van der Waals surface area contributed by atoms with Crippen molar-refractivity contribution in [3.8, 4) is 5.75 Å². The van der Waals surface area contributed by atoms with Crippen LogP contribution in [0.1, 0.15) is 5.56 Å². The molecule has 0 bridgehead atoms. The summed E-state index contributed by atoms with van der Waals surface area (Å²) in [6.45, 7) is 4.34. The number of hydrogen-bond acceptors (Lipinski definition) is 3. The maximum Gasteiger partial charge on any atom is 0.137 e. The molecular weight excluding hydrogens is 275 g/mol. The Kier molecular flexibility index (Phi) is 3.78. The maximum absolute atomic E-state index is 13.3. The quantitative estimate of drug-likeness (QED) is 0.870. The summed E-state index contributed by atoms with van der Waals surface area (Å²) in [6.07, 6.45) is 0. The summed E-state index contributed by atoms with van der Waals surface area (Å²) in [4.78, 5) is 2.19. The van der Waals surface area contributed by atoms with Crippen molar-refractivity contribution in [2.45, 2.75) is 6.54 Å². The van der Waals surface area contributed by atoms with Gasteiger partial charge in [-0.15, -0.1) is 0 Å². The number of rotatable bonds is 2. The van der Waals surface area contributed by atoms with E-state index in [4.69, 9.17) is 0 Å². The van der Waals surface area contributed by atoms with Crippen LogP contribution >= 0.6 is 15.9 Å². The lowest BCUT2D eigenvalue weighted by Gasteiger charge is -2.27. The van der Waals surface area contributed by atoms with E-state index in [9.17, 15) is 9.50 Å². The molecule has 16 heavy (non-hydrogen) atoms. The zero-order valence-corrected chi connectivity index (χ0v) is 10.4. The number of nitrogens with zero attached hydrogens (tertiary/aromatic N) is 1. The Morgan fingerprint density at radius 2 is 2.06 bits per heavy atom. The molecular formula is C11H14BrFN2O. The number of phenolic OH excluding ortho intramolecular Hbond substituents is 1. The normalized spacial score (nSPS) is 17.6. The zero-order chi connectivity index (χ0) is 11.5. The summed E-state index contributed by atoms with van der Waals surface area (Å²) in [7, 11) is 0. The molecule has 1 aromatic rings. The van der Waals surface area contributed by atoms with Gasteiger partial charge in [0.1, 0.15) is 11.6 Å². The molecule has 0 amide bonds. The van der Waals surface area contributed by atoms with Crippen LogP contribution in [-0.4, -0.2) is 36.2 Å². The molecule has 2 rings (SSSR count). The smallest absolute Gasteiger partial charge is 0.137 e. The van der Waals surface area contributed by atoms with Gasteiger partial charge in [-0.1, -0.05) is 0 Å². The summed E-state index contributed by atoms with van der Waals surface area (Å²) in [5, 5.41) is 13.0. The van der Waals surface area contributed by atoms with Gasteiger partial charge in [-0.05, 0) is 28.1 Å². The van der Waals surface area contributed by atoms with E-state index in [2.05, 4.69) is 26.1 Å². The van der Waals surface area contributed by atoms with E-state index in [-0.39, 0.29) is 11.6 Å². The number of hydrogen-bond donors (Lipinski definition) is 2. The largest absolute Gasteiger partial charge is 0.508 e. The van der Waals surface area contributed by atoms with Crippen molar-refractivity contribution in [1.82, 2.24) is 10.2 Å². The van der Waals surface area contributed by atoms with E-state index >= 15 is 0 Å². The molecule has 1 heterocycles. The first kappa shape index (κ1) is 11.8. The minimum atomic E-state index is -0.331. The average Bonchev–Trinajstić information content (AvgIpc) is 2.27. The molecule has 1 aromatic carbocycles. The zero-order valence-electron chi connectivity index (χ0n) is 8.84. The minimum absolute atomic E-state index is 0.145. The van der Waals surface area contributed by atoms with Crippen molar-refractivity contribution in [2.75, 3.05) is 26.2 Å². The van der Waals surface area contributed by atoms with Crippen molar-refractivity contribution < 1.29 is 9.50 Å². The van der Waals surface area contributed by atoms with Gasteiger partial charge in [0.25, 0.3) is 0 Å². The van der Waals surface area contributed by atoms with Crippen LogP contribution in [-0.2, 0) is 6.54 Å². The standard InChI is InChI=1S/C11H14BrFN2O/c12-9-6-11(16)8(5-10(9)13)7-15-3-1-14-2-4-15/h5-6,14,16H,1-4,7H2. The fourth-order valence-electron chi connectivity index (χ4n) is 1.81. The molecule has 1 fully saturated rings. The van der Waals surface area contributed by atoms with Crippen LogP contribution in [0.25, 0.3) is 0 Å². The van der Waals surface area contributed by atoms with E-state index in [0.29, 0.717) is 16.6 Å². The predicted octanol–water partition coefficient (Wildman–Crippen LogP) is 1.70. The summed E-state index contributed by atoms with van der Waals surface area (Å²) in [5.41, 5.74) is 0.641. The van der Waals surface area contributed by atoms with Crippen LogP contribution < -0.4 is 5.32 Å².